The van der Waals surface area contributed by atoms with E-state index in [2.05, 4.69) is 5.32 Å². The van der Waals surface area contributed by atoms with E-state index in [1.807, 2.05) is 25.1 Å². The minimum absolute atomic E-state index is 0.202. The van der Waals surface area contributed by atoms with Gasteiger partial charge in [-0.15, -0.1) is 0 Å². The molecule has 0 aliphatic carbocycles. The van der Waals surface area contributed by atoms with E-state index < -0.39 is 11.1 Å². The minimum atomic E-state index is -0.524. The summed E-state index contributed by atoms with van der Waals surface area (Å²) in [7, 11) is 1.46. The van der Waals surface area contributed by atoms with Gasteiger partial charge in [0.05, 0.1) is 25.2 Å². The first-order chi connectivity index (χ1) is 17.8. The lowest BCUT2D eigenvalue weighted by Gasteiger charge is -2.28. The zero-order chi connectivity index (χ0) is 26.4. The fraction of sp³-hybridized carbons (Fsp3) is 0.308. The lowest BCUT2D eigenvalue weighted by molar-refractivity contribution is -0.139. The molecule has 194 valence electrons. The van der Waals surface area contributed by atoms with Crippen molar-refractivity contribution in [2.75, 3.05) is 51.9 Å². The highest BCUT2D eigenvalue weighted by Gasteiger charge is 2.37. The first-order valence-electron chi connectivity index (χ1n) is 11.6. The van der Waals surface area contributed by atoms with Crippen LogP contribution in [0.4, 0.5) is 10.5 Å². The number of methoxy groups -OCH3 is 1. The molecule has 2 aliphatic heterocycles. The second-order valence-electron chi connectivity index (χ2n) is 8.38. The maximum Gasteiger partial charge on any atom is 0.294 e. The van der Waals surface area contributed by atoms with Gasteiger partial charge in [-0.25, -0.2) is 0 Å². The molecular formula is C26H27N3O7S. The lowest BCUT2D eigenvalue weighted by Crippen LogP contribution is -2.46. The van der Waals surface area contributed by atoms with Gasteiger partial charge in [-0.1, -0.05) is 18.2 Å². The van der Waals surface area contributed by atoms with Crippen LogP contribution in [0.3, 0.4) is 0 Å². The predicted octanol–water partition coefficient (Wildman–Crippen LogP) is 2.92. The third-order valence-corrected chi connectivity index (χ3v) is 6.58. The third kappa shape index (κ3) is 6.69. The van der Waals surface area contributed by atoms with Crippen molar-refractivity contribution in [3.8, 4) is 11.5 Å². The molecule has 1 N–H and O–H groups in total. The number of nitrogens with zero attached hydrogens (tertiary/aromatic N) is 2. The van der Waals surface area contributed by atoms with Gasteiger partial charge >= 0.3 is 0 Å². The molecule has 2 aliphatic rings. The number of ether oxygens (including phenoxy) is 3. The largest absolute Gasteiger partial charge is 0.493 e. The van der Waals surface area contributed by atoms with Crippen molar-refractivity contribution < 1.29 is 33.4 Å². The summed E-state index contributed by atoms with van der Waals surface area (Å²) in [6, 6.07) is 12.4. The Morgan fingerprint density at radius 3 is 2.62 bits per heavy atom. The molecule has 0 unspecified atom stereocenters. The number of thioether (sulfide) groups is 1. The number of carbonyl (C=O) groups is 4. The Hall–Kier alpha value is -3.83. The summed E-state index contributed by atoms with van der Waals surface area (Å²) < 4.78 is 16.3. The van der Waals surface area contributed by atoms with Gasteiger partial charge in [-0.3, -0.25) is 24.1 Å². The topological polar surface area (TPSA) is 114 Å². The molecule has 0 atom stereocenters. The minimum Gasteiger partial charge on any atom is -0.493 e. The fourth-order valence-electron chi connectivity index (χ4n) is 3.79. The third-order valence-electron chi connectivity index (χ3n) is 5.68. The number of imide groups is 1. The Labute approximate surface area is 218 Å². The highest BCUT2D eigenvalue weighted by Crippen LogP contribution is 2.34. The summed E-state index contributed by atoms with van der Waals surface area (Å²) in [4.78, 5) is 52.8. The molecule has 0 aromatic heterocycles. The van der Waals surface area contributed by atoms with Crippen LogP contribution in [-0.2, 0) is 19.1 Å². The van der Waals surface area contributed by atoms with E-state index in [9.17, 15) is 19.2 Å². The second-order valence-corrected chi connectivity index (χ2v) is 9.37. The molecule has 2 aromatic carbocycles. The Balaban J connectivity index is 1.38. The monoisotopic (exact) mass is 525 g/mol. The summed E-state index contributed by atoms with van der Waals surface area (Å²) in [5, 5.41) is 2.28. The first kappa shape index (κ1) is 26.2. The molecule has 11 heteroatoms. The van der Waals surface area contributed by atoms with E-state index >= 15 is 0 Å². The number of aryl methyl sites for hydroxylation is 1. The number of hydrogen-bond donors (Lipinski definition) is 1. The van der Waals surface area contributed by atoms with Gasteiger partial charge in [0.1, 0.15) is 6.54 Å². The molecule has 0 spiro atoms. The van der Waals surface area contributed by atoms with Crippen LogP contribution in [0.5, 0.6) is 11.5 Å². The van der Waals surface area contributed by atoms with Crippen molar-refractivity contribution in [2.24, 2.45) is 0 Å². The lowest BCUT2D eigenvalue weighted by atomic mass is 10.2. The average Bonchev–Trinajstić information content (AvgIpc) is 3.15. The van der Waals surface area contributed by atoms with Gasteiger partial charge in [0, 0.05) is 18.8 Å². The fourth-order valence-corrected chi connectivity index (χ4v) is 4.63. The molecule has 2 aromatic rings. The van der Waals surface area contributed by atoms with Gasteiger partial charge in [-0.05, 0) is 60.2 Å². The first-order valence-corrected chi connectivity index (χ1v) is 12.4. The van der Waals surface area contributed by atoms with Crippen LogP contribution in [0.1, 0.15) is 11.1 Å². The molecule has 0 radical (unpaired) electrons. The van der Waals surface area contributed by atoms with Crippen molar-refractivity contribution in [1.29, 1.82) is 0 Å². The molecule has 4 rings (SSSR count). The van der Waals surface area contributed by atoms with Crippen LogP contribution in [0.25, 0.3) is 6.08 Å². The normalized spacial score (nSPS) is 16.8. The highest BCUT2D eigenvalue weighted by atomic mass is 32.2. The number of carbonyl (C=O) groups excluding carboxylic acids is 4. The highest BCUT2D eigenvalue weighted by molar-refractivity contribution is 8.18. The molecule has 2 fully saturated rings. The zero-order valence-electron chi connectivity index (χ0n) is 20.5. The number of hydrogen-bond acceptors (Lipinski definition) is 8. The van der Waals surface area contributed by atoms with Crippen molar-refractivity contribution in [3.05, 3.63) is 58.5 Å². The molecule has 10 nitrogen and oxygen atoms in total. The molecule has 4 amide bonds. The van der Waals surface area contributed by atoms with Crippen LogP contribution < -0.4 is 14.8 Å². The SMILES string of the molecule is COc1cc(/C=C2/SC(=O)N(CC(=O)N3CCOCC3)C2=O)ccc1OCC(=O)Nc1cccc(C)c1. The molecule has 0 saturated carbocycles. The van der Waals surface area contributed by atoms with Crippen molar-refractivity contribution >= 4 is 46.5 Å². The van der Waals surface area contributed by atoms with Crippen molar-refractivity contribution in [2.45, 2.75) is 6.92 Å². The zero-order valence-corrected chi connectivity index (χ0v) is 21.3. The second kappa shape index (κ2) is 11.9. The van der Waals surface area contributed by atoms with Gasteiger partial charge in [0.25, 0.3) is 17.1 Å². The smallest absolute Gasteiger partial charge is 0.294 e. The van der Waals surface area contributed by atoms with Crippen LogP contribution in [-0.4, -0.2) is 79.3 Å². The molecule has 2 saturated heterocycles. The number of morpholine rings is 1. The van der Waals surface area contributed by atoms with E-state index in [1.165, 1.54) is 7.11 Å². The maximum atomic E-state index is 12.8. The van der Waals surface area contributed by atoms with E-state index in [1.54, 1.807) is 35.2 Å². The van der Waals surface area contributed by atoms with E-state index in [-0.39, 0.29) is 29.9 Å². The molecular weight excluding hydrogens is 498 g/mol. The average molecular weight is 526 g/mol. The van der Waals surface area contributed by atoms with Crippen LogP contribution in [0, 0.1) is 6.92 Å². The van der Waals surface area contributed by atoms with E-state index in [0.717, 1.165) is 22.2 Å². The van der Waals surface area contributed by atoms with E-state index in [4.69, 9.17) is 14.2 Å². The number of anilines is 1. The number of benzene rings is 2. The Morgan fingerprint density at radius 2 is 1.89 bits per heavy atom. The number of amides is 4. The van der Waals surface area contributed by atoms with Crippen molar-refractivity contribution in [3.63, 3.8) is 0 Å². The van der Waals surface area contributed by atoms with Crippen LogP contribution in [0.15, 0.2) is 47.4 Å². The Kier molecular flexibility index (Phi) is 8.47. The Bertz CT molecular complexity index is 1240. The summed E-state index contributed by atoms with van der Waals surface area (Å²) >= 11 is 0.777. The van der Waals surface area contributed by atoms with E-state index in [0.29, 0.717) is 49.1 Å². The van der Waals surface area contributed by atoms with Gasteiger partial charge < -0.3 is 24.4 Å². The summed E-state index contributed by atoms with van der Waals surface area (Å²) in [6.07, 6.45) is 1.56. The number of rotatable bonds is 8. The summed E-state index contributed by atoms with van der Waals surface area (Å²) in [5.74, 6) is -0.427. The quantitative estimate of drug-likeness (QED) is 0.524. The predicted molar refractivity (Wildman–Crippen MR) is 138 cm³/mol. The summed E-state index contributed by atoms with van der Waals surface area (Å²) in [5.41, 5.74) is 2.30. The number of nitrogens with one attached hydrogen (secondary N) is 1. The van der Waals surface area contributed by atoms with Crippen LogP contribution >= 0.6 is 11.8 Å². The molecule has 37 heavy (non-hydrogen) atoms. The van der Waals surface area contributed by atoms with Gasteiger partial charge in [0.15, 0.2) is 18.1 Å². The Morgan fingerprint density at radius 1 is 1.11 bits per heavy atom. The molecule has 0 bridgehead atoms. The van der Waals surface area contributed by atoms with Gasteiger partial charge in [-0.2, -0.15) is 0 Å². The van der Waals surface area contributed by atoms with Crippen molar-refractivity contribution in [1.82, 2.24) is 9.80 Å². The molecule has 2 heterocycles. The summed E-state index contributed by atoms with van der Waals surface area (Å²) in [6.45, 7) is 3.16. The van der Waals surface area contributed by atoms with Crippen LogP contribution in [0.2, 0.25) is 0 Å². The maximum absolute atomic E-state index is 12.8. The standard InChI is InChI=1S/C26H27N3O7S/c1-17-4-3-5-19(12-17)27-23(30)16-36-20-7-6-18(13-21(20)34-2)14-22-25(32)29(26(33)37-22)15-24(31)28-8-10-35-11-9-28/h3-7,12-14H,8-11,15-16H2,1-2H3,(H,27,30)/b22-14+. The van der Waals surface area contributed by atoms with Gasteiger partial charge in [0.2, 0.25) is 5.91 Å².